The monoisotopic (exact) mass is 417 g/mol. The molecule has 1 aliphatic rings. The summed E-state index contributed by atoms with van der Waals surface area (Å²) in [6.45, 7) is 0. The molecule has 0 bridgehead atoms. The van der Waals surface area contributed by atoms with Gasteiger partial charge in [-0.1, -0.05) is 78.1 Å². The maximum absolute atomic E-state index is 6.29. The second kappa shape index (κ2) is 7.78. The number of rotatable bonds is 3. The minimum atomic E-state index is -0.223. The lowest BCUT2D eigenvalue weighted by atomic mass is 9.77. The molecule has 1 aliphatic carbocycles. The molecule has 0 aliphatic heterocycles. The maximum atomic E-state index is 6.29. The van der Waals surface area contributed by atoms with E-state index in [2.05, 4.69) is 17.2 Å². The molecule has 1 saturated carbocycles. The topological polar surface area (TPSA) is 30.2 Å². The minimum Gasteiger partial charge on any atom is -0.246 e. The average Bonchev–Trinajstić information content (AvgIpc) is 3.03. The van der Waals surface area contributed by atoms with Crippen molar-refractivity contribution in [3.05, 3.63) is 68.9 Å². The van der Waals surface area contributed by atoms with Crippen LogP contribution in [0, 0.1) is 0 Å². The van der Waals surface area contributed by atoms with Crippen LogP contribution in [0.2, 0.25) is 10.0 Å². The van der Waals surface area contributed by atoms with Gasteiger partial charge in [-0.2, -0.15) is 5.10 Å². The summed E-state index contributed by atoms with van der Waals surface area (Å²) in [5.74, 6) is 0. The Kier molecular flexibility index (Phi) is 5.40. The summed E-state index contributed by atoms with van der Waals surface area (Å²) in [7, 11) is 1.96. The molecule has 140 valence electrons. The number of aryl methyl sites for hydroxylation is 1. The van der Waals surface area contributed by atoms with Crippen LogP contribution in [0.4, 0.5) is 0 Å². The van der Waals surface area contributed by atoms with E-state index in [-0.39, 0.29) is 5.54 Å². The van der Waals surface area contributed by atoms with Crippen molar-refractivity contribution in [2.45, 2.75) is 37.6 Å². The van der Waals surface area contributed by atoms with Gasteiger partial charge in [-0.3, -0.25) is 0 Å². The molecule has 1 aromatic heterocycles. The molecule has 3 aromatic rings. The Morgan fingerprint density at radius 3 is 2.41 bits per heavy atom. The predicted molar refractivity (Wildman–Crippen MR) is 113 cm³/mol. The zero-order valence-electron chi connectivity index (χ0n) is 15.2. The van der Waals surface area contributed by atoms with Crippen molar-refractivity contribution in [1.82, 2.24) is 9.78 Å². The van der Waals surface area contributed by atoms with E-state index < -0.39 is 0 Å². The molecule has 3 nitrogen and oxygen atoms in total. The largest absolute Gasteiger partial charge is 0.246 e. The van der Waals surface area contributed by atoms with Crippen LogP contribution in [0.3, 0.4) is 0 Å². The van der Waals surface area contributed by atoms with Gasteiger partial charge in [-0.25, -0.2) is 9.67 Å². The van der Waals surface area contributed by atoms with E-state index >= 15 is 0 Å². The van der Waals surface area contributed by atoms with Gasteiger partial charge in [0.25, 0.3) is 0 Å². The summed E-state index contributed by atoms with van der Waals surface area (Å²) in [4.78, 5) is 6.18. The van der Waals surface area contributed by atoms with Crippen LogP contribution in [0.25, 0.3) is 10.6 Å². The van der Waals surface area contributed by atoms with Gasteiger partial charge in [-0.15, -0.1) is 0 Å². The van der Waals surface area contributed by atoms with Crippen molar-refractivity contribution in [1.29, 1.82) is 0 Å². The first kappa shape index (κ1) is 18.7. The van der Waals surface area contributed by atoms with Gasteiger partial charge in [0.1, 0.15) is 5.01 Å². The highest BCUT2D eigenvalue weighted by Gasteiger charge is 2.34. The standard InChI is InChI=1S/C21H21Cl2N3S/c1-26-20(27-19(25-26)15-7-5-9-17(22)13-15)24-21(11-3-2-4-12-21)16-8-6-10-18(23)14-16/h5-10,13-14H,2-4,11-12H2,1H3. The highest BCUT2D eigenvalue weighted by Crippen LogP contribution is 2.41. The lowest BCUT2D eigenvalue weighted by molar-refractivity contribution is 0.296. The van der Waals surface area contributed by atoms with Gasteiger partial charge in [0.05, 0.1) is 5.54 Å². The average molecular weight is 418 g/mol. The third-order valence-corrected chi connectivity index (χ3v) is 6.65. The van der Waals surface area contributed by atoms with Gasteiger partial charge >= 0.3 is 0 Å². The molecular weight excluding hydrogens is 397 g/mol. The molecule has 0 unspecified atom stereocenters. The molecule has 0 saturated heterocycles. The molecule has 0 atom stereocenters. The molecule has 0 radical (unpaired) electrons. The smallest absolute Gasteiger partial charge is 0.204 e. The van der Waals surface area contributed by atoms with Gasteiger partial charge in [0.2, 0.25) is 4.80 Å². The Hall–Kier alpha value is -1.62. The van der Waals surface area contributed by atoms with E-state index in [9.17, 15) is 0 Å². The molecule has 0 spiro atoms. The Bertz CT molecular complexity index is 1020. The first-order valence-electron chi connectivity index (χ1n) is 9.18. The second-order valence-electron chi connectivity index (χ2n) is 7.04. The van der Waals surface area contributed by atoms with Gasteiger partial charge in [0, 0.05) is 22.7 Å². The van der Waals surface area contributed by atoms with E-state index in [0.29, 0.717) is 5.02 Å². The number of halogens is 2. The van der Waals surface area contributed by atoms with Gasteiger partial charge in [-0.05, 0) is 42.7 Å². The SMILES string of the molecule is Cn1nc(-c2cccc(Cl)c2)sc1=NC1(c2cccc(Cl)c2)CCCCC1. The zero-order valence-corrected chi connectivity index (χ0v) is 17.5. The highest BCUT2D eigenvalue weighted by atomic mass is 35.5. The van der Waals surface area contributed by atoms with Crippen molar-refractivity contribution in [2.75, 3.05) is 0 Å². The molecule has 6 heteroatoms. The summed E-state index contributed by atoms with van der Waals surface area (Å²) in [5.41, 5.74) is 2.00. The normalized spacial score (nSPS) is 17.2. The van der Waals surface area contributed by atoms with Crippen LogP contribution in [0.15, 0.2) is 53.5 Å². The van der Waals surface area contributed by atoms with E-state index in [1.54, 1.807) is 11.3 Å². The van der Waals surface area contributed by atoms with Gasteiger partial charge < -0.3 is 0 Å². The molecular formula is C21H21Cl2N3S. The zero-order chi connectivity index (χ0) is 18.9. The van der Waals surface area contributed by atoms with Crippen molar-refractivity contribution in [3.8, 4) is 10.6 Å². The van der Waals surface area contributed by atoms with Crippen molar-refractivity contribution >= 4 is 34.5 Å². The Labute approximate surface area is 173 Å². The Morgan fingerprint density at radius 2 is 1.70 bits per heavy atom. The first-order chi connectivity index (χ1) is 13.1. The second-order valence-corrected chi connectivity index (χ2v) is 8.87. The van der Waals surface area contributed by atoms with Crippen LogP contribution in [0.1, 0.15) is 37.7 Å². The maximum Gasteiger partial charge on any atom is 0.204 e. The fourth-order valence-corrected chi connectivity index (χ4v) is 5.10. The van der Waals surface area contributed by atoms with E-state index in [1.807, 2.05) is 48.1 Å². The van der Waals surface area contributed by atoms with Crippen LogP contribution >= 0.6 is 34.5 Å². The number of aromatic nitrogens is 2. The van der Waals surface area contributed by atoms with Gasteiger partial charge in [0.15, 0.2) is 0 Å². The van der Waals surface area contributed by atoms with E-state index in [4.69, 9.17) is 28.2 Å². The Balaban J connectivity index is 1.82. The van der Waals surface area contributed by atoms with E-state index in [1.165, 1.54) is 24.8 Å². The minimum absolute atomic E-state index is 0.223. The lowest BCUT2D eigenvalue weighted by Gasteiger charge is -2.34. The quantitative estimate of drug-likeness (QED) is 0.497. The molecule has 1 heterocycles. The first-order valence-corrected chi connectivity index (χ1v) is 10.8. The molecule has 1 fully saturated rings. The summed E-state index contributed by atoms with van der Waals surface area (Å²) >= 11 is 14.0. The van der Waals surface area contributed by atoms with Crippen LogP contribution in [0.5, 0.6) is 0 Å². The predicted octanol–water partition coefficient (Wildman–Crippen LogP) is 6.22. The third-order valence-electron chi connectivity index (χ3n) is 5.13. The van der Waals surface area contributed by atoms with Crippen LogP contribution in [-0.2, 0) is 12.6 Å². The summed E-state index contributed by atoms with van der Waals surface area (Å²) in [6, 6.07) is 16.0. The number of hydrogen-bond donors (Lipinski definition) is 0. The molecule has 27 heavy (non-hydrogen) atoms. The van der Waals surface area contributed by atoms with Crippen LogP contribution in [-0.4, -0.2) is 9.78 Å². The molecule has 0 amide bonds. The number of benzene rings is 2. The summed E-state index contributed by atoms with van der Waals surface area (Å²) < 4.78 is 1.88. The molecule has 2 aromatic carbocycles. The highest BCUT2D eigenvalue weighted by molar-refractivity contribution is 7.12. The summed E-state index contributed by atoms with van der Waals surface area (Å²) in [6.07, 6.45) is 5.70. The van der Waals surface area contributed by atoms with Crippen molar-refractivity contribution in [3.63, 3.8) is 0 Å². The number of nitrogens with zero attached hydrogens (tertiary/aromatic N) is 3. The Morgan fingerprint density at radius 1 is 1.00 bits per heavy atom. The van der Waals surface area contributed by atoms with E-state index in [0.717, 1.165) is 33.2 Å². The number of hydrogen-bond acceptors (Lipinski definition) is 3. The van der Waals surface area contributed by atoms with Crippen LogP contribution < -0.4 is 4.80 Å². The molecule has 4 rings (SSSR count). The van der Waals surface area contributed by atoms with Crippen molar-refractivity contribution in [2.24, 2.45) is 12.0 Å². The summed E-state index contributed by atoms with van der Waals surface area (Å²) in [5, 5.41) is 7.09. The fraction of sp³-hybridized carbons (Fsp3) is 0.333. The van der Waals surface area contributed by atoms with Crippen molar-refractivity contribution < 1.29 is 0 Å². The lowest BCUT2D eigenvalue weighted by Crippen LogP contribution is -2.30. The molecule has 0 N–H and O–H groups in total. The third kappa shape index (κ3) is 3.98. The fourth-order valence-electron chi connectivity index (χ4n) is 3.75.